The first-order chi connectivity index (χ1) is 7.35. The van der Waals surface area contributed by atoms with Gasteiger partial charge in [-0.15, -0.1) is 0 Å². The van der Waals surface area contributed by atoms with Crippen LogP contribution in [-0.2, 0) is 14.2 Å². The molecule has 3 nitrogen and oxygen atoms in total. The summed E-state index contributed by atoms with van der Waals surface area (Å²) in [5, 5.41) is 0. The highest BCUT2D eigenvalue weighted by molar-refractivity contribution is 4.73. The predicted octanol–water partition coefficient (Wildman–Crippen LogP) is 3.01. The third-order valence-corrected chi connectivity index (χ3v) is 1.44. The van der Waals surface area contributed by atoms with E-state index in [2.05, 4.69) is 0 Å². The molecule has 0 unspecified atom stereocenters. The van der Waals surface area contributed by atoms with Crippen LogP contribution in [0.2, 0.25) is 0 Å². The van der Waals surface area contributed by atoms with Crippen LogP contribution in [0.4, 0.5) is 0 Å². The van der Waals surface area contributed by atoms with Crippen LogP contribution in [0.1, 0.15) is 20.8 Å². The number of allylic oxidation sites excluding steroid dienone is 3. The summed E-state index contributed by atoms with van der Waals surface area (Å²) in [6.45, 7) is 6.66. The second-order valence-electron chi connectivity index (χ2n) is 2.83. The molecule has 0 aromatic heterocycles. The Morgan fingerprint density at radius 2 is 1.27 bits per heavy atom. The molecule has 0 bridgehead atoms. The smallest absolute Gasteiger partial charge is 0.165 e. The minimum Gasteiger partial charge on any atom is -0.498 e. The van der Waals surface area contributed by atoms with Gasteiger partial charge in [-0.25, -0.2) is 0 Å². The van der Waals surface area contributed by atoms with E-state index in [0.717, 1.165) is 0 Å². The summed E-state index contributed by atoms with van der Waals surface area (Å²) in [5.41, 5.74) is 0. The van der Waals surface area contributed by atoms with E-state index in [0.29, 0.717) is 13.2 Å². The van der Waals surface area contributed by atoms with E-state index in [1.165, 1.54) is 0 Å². The molecule has 0 N–H and O–H groups in total. The van der Waals surface area contributed by atoms with Crippen LogP contribution >= 0.6 is 0 Å². The summed E-state index contributed by atoms with van der Waals surface area (Å²) >= 11 is 0. The molecule has 0 rings (SSSR count). The Morgan fingerprint density at radius 1 is 0.800 bits per heavy atom. The highest BCUT2D eigenvalue weighted by atomic mass is 16.6. The molecule has 0 aromatic rings. The van der Waals surface area contributed by atoms with Crippen molar-refractivity contribution in [2.45, 2.75) is 26.9 Å². The zero-order chi connectivity index (χ0) is 11.4. The Morgan fingerprint density at radius 3 is 1.67 bits per heavy atom. The van der Waals surface area contributed by atoms with Gasteiger partial charge < -0.3 is 14.2 Å². The lowest BCUT2D eigenvalue weighted by molar-refractivity contribution is 0.0209. The van der Waals surface area contributed by atoms with Gasteiger partial charge in [0.2, 0.25) is 0 Å². The zero-order valence-electron chi connectivity index (χ0n) is 9.68. The van der Waals surface area contributed by atoms with Crippen molar-refractivity contribution in [1.82, 2.24) is 0 Å². The lowest BCUT2D eigenvalue weighted by Gasteiger charge is -2.15. The minimum absolute atomic E-state index is 0.0893. The molecular formula is C12H20O3. The fraction of sp³-hybridized carbons (Fsp3) is 0.500. The molecule has 0 saturated carbocycles. The van der Waals surface area contributed by atoms with Crippen molar-refractivity contribution in [3.63, 3.8) is 0 Å². The number of ether oxygens (including phenoxy) is 3. The van der Waals surface area contributed by atoms with Gasteiger partial charge in [-0.05, 0) is 20.8 Å². The summed E-state index contributed by atoms with van der Waals surface area (Å²) < 4.78 is 15.8. The molecule has 0 heterocycles. The largest absolute Gasteiger partial charge is 0.498 e. The molecule has 15 heavy (non-hydrogen) atoms. The lowest BCUT2D eigenvalue weighted by atomic mass is 10.4. The van der Waals surface area contributed by atoms with E-state index in [-0.39, 0.29) is 6.10 Å². The average Bonchev–Trinajstić information content (AvgIpc) is 2.25. The quantitative estimate of drug-likeness (QED) is 0.579. The Bertz CT molecular complexity index is 191. The van der Waals surface area contributed by atoms with Crippen LogP contribution in [0.3, 0.4) is 0 Å². The molecule has 0 saturated heterocycles. The highest BCUT2D eigenvalue weighted by Gasteiger charge is 2.07. The molecule has 0 fully saturated rings. The van der Waals surface area contributed by atoms with Crippen LogP contribution in [0, 0.1) is 0 Å². The van der Waals surface area contributed by atoms with E-state index >= 15 is 0 Å². The van der Waals surface area contributed by atoms with Crippen molar-refractivity contribution in [3.05, 3.63) is 37.0 Å². The maximum Gasteiger partial charge on any atom is 0.165 e. The molecule has 0 aliphatic carbocycles. The van der Waals surface area contributed by atoms with E-state index in [4.69, 9.17) is 14.2 Å². The van der Waals surface area contributed by atoms with Gasteiger partial charge in [-0.1, -0.05) is 18.2 Å². The molecule has 0 radical (unpaired) electrons. The molecule has 0 spiro atoms. The Kier molecular flexibility index (Phi) is 9.71. The Hall–Kier alpha value is -1.38. The molecular weight excluding hydrogens is 192 g/mol. The van der Waals surface area contributed by atoms with E-state index in [1.54, 1.807) is 18.8 Å². The molecule has 0 aliphatic heterocycles. The Labute approximate surface area is 92.0 Å². The van der Waals surface area contributed by atoms with Gasteiger partial charge in [-0.3, -0.25) is 0 Å². The SMILES string of the molecule is CC=COCC(COC=CC)OC=CC. The van der Waals surface area contributed by atoms with E-state index in [1.807, 2.05) is 39.0 Å². The predicted molar refractivity (Wildman–Crippen MR) is 61.2 cm³/mol. The average molecular weight is 212 g/mol. The maximum atomic E-state index is 5.39. The third kappa shape index (κ3) is 8.94. The van der Waals surface area contributed by atoms with Gasteiger partial charge in [0.25, 0.3) is 0 Å². The van der Waals surface area contributed by atoms with Gasteiger partial charge in [0.15, 0.2) is 6.10 Å². The molecule has 3 heteroatoms. The van der Waals surface area contributed by atoms with E-state index in [9.17, 15) is 0 Å². The third-order valence-electron chi connectivity index (χ3n) is 1.44. The summed E-state index contributed by atoms with van der Waals surface area (Å²) in [7, 11) is 0. The molecule has 0 aliphatic rings. The summed E-state index contributed by atoms with van der Waals surface area (Å²) in [6, 6.07) is 0. The van der Waals surface area contributed by atoms with Crippen molar-refractivity contribution in [2.24, 2.45) is 0 Å². The van der Waals surface area contributed by atoms with Gasteiger partial charge in [0, 0.05) is 0 Å². The highest BCUT2D eigenvalue weighted by Crippen LogP contribution is 1.97. The first-order valence-electron chi connectivity index (χ1n) is 5.07. The number of rotatable bonds is 8. The van der Waals surface area contributed by atoms with Crippen molar-refractivity contribution < 1.29 is 14.2 Å². The summed E-state index contributed by atoms with van der Waals surface area (Å²) in [5.74, 6) is 0. The molecule has 86 valence electrons. The van der Waals surface area contributed by atoms with Crippen molar-refractivity contribution in [3.8, 4) is 0 Å². The van der Waals surface area contributed by atoms with E-state index < -0.39 is 0 Å². The van der Waals surface area contributed by atoms with Crippen LogP contribution in [-0.4, -0.2) is 19.3 Å². The van der Waals surface area contributed by atoms with Crippen LogP contribution in [0.15, 0.2) is 37.0 Å². The summed E-state index contributed by atoms with van der Waals surface area (Å²) in [6.07, 6.45) is 10.3. The number of hydrogen-bond acceptors (Lipinski definition) is 3. The fourth-order valence-corrected chi connectivity index (χ4v) is 0.835. The molecule has 0 atom stereocenters. The van der Waals surface area contributed by atoms with Crippen molar-refractivity contribution >= 4 is 0 Å². The van der Waals surface area contributed by atoms with Gasteiger partial charge >= 0.3 is 0 Å². The van der Waals surface area contributed by atoms with Gasteiger partial charge in [0.1, 0.15) is 13.2 Å². The normalized spacial score (nSPS) is 13.8. The monoisotopic (exact) mass is 212 g/mol. The van der Waals surface area contributed by atoms with Gasteiger partial charge in [0.05, 0.1) is 18.8 Å². The first-order valence-corrected chi connectivity index (χ1v) is 5.07. The molecule has 0 amide bonds. The van der Waals surface area contributed by atoms with Crippen molar-refractivity contribution in [2.75, 3.05) is 13.2 Å². The number of hydrogen-bond donors (Lipinski definition) is 0. The topological polar surface area (TPSA) is 27.7 Å². The van der Waals surface area contributed by atoms with Crippen molar-refractivity contribution in [1.29, 1.82) is 0 Å². The minimum atomic E-state index is -0.0893. The Balaban J connectivity index is 3.82. The summed E-state index contributed by atoms with van der Waals surface area (Å²) in [4.78, 5) is 0. The van der Waals surface area contributed by atoms with Crippen LogP contribution in [0.25, 0.3) is 0 Å². The fourth-order valence-electron chi connectivity index (χ4n) is 0.835. The van der Waals surface area contributed by atoms with Crippen LogP contribution in [0.5, 0.6) is 0 Å². The maximum absolute atomic E-state index is 5.39. The standard InChI is InChI=1S/C12H20O3/c1-4-7-13-10-12(15-9-6-3)11-14-8-5-2/h4-9,12H,10-11H2,1-3H3. The lowest BCUT2D eigenvalue weighted by Crippen LogP contribution is -2.21. The zero-order valence-corrected chi connectivity index (χ0v) is 9.68. The van der Waals surface area contributed by atoms with Crippen LogP contribution < -0.4 is 0 Å². The van der Waals surface area contributed by atoms with Gasteiger partial charge in [-0.2, -0.15) is 0 Å². The second-order valence-corrected chi connectivity index (χ2v) is 2.83. The second kappa shape index (κ2) is 10.7. The molecule has 0 aromatic carbocycles. The first kappa shape index (κ1) is 13.6.